The number of aliphatic hydroxyl groups is 1. The van der Waals surface area contributed by atoms with Crippen LogP contribution in [0.2, 0.25) is 18.1 Å². The van der Waals surface area contributed by atoms with Gasteiger partial charge < -0.3 is 24.3 Å². The topological polar surface area (TPSA) is 77.0 Å². The molecule has 7 heteroatoms. The highest BCUT2D eigenvalue weighted by Crippen LogP contribution is 2.36. The van der Waals surface area contributed by atoms with Crippen LogP contribution in [0.5, 0.6) is 0 Å². The minimum atomic E-state index is -2.04. The number of carbonyl (C=O) groups is 1. The van der Waals surface area contributed by atoms with Crippen molar-refractivity contribution in [2.75, 3.05) is 20.0 Å². The van der Waals surface area contributed by atoms with Crippen molar-refractivity contribution in [1.82, 2.24) is 5.32 Å². The lowest BCUT2D eigenvalue weighted by Gasteiger charge is -2.38. The Morgan fingerprint density at radius 2 is 1.35 bits per heavy atom. The lowest BCUT2D eigenvalue weighted by molar-refractivity contribution is -0.133. The second-order valence-corrected chi connectivity index (χ2v) is 18.6. The summed E-state index contributed by atoms with van der Waals surface area (Å²) in [5.41, 5.74) is 1.06. The van der Waals surface area contributed by atoms with Gasteiger partial charge in [0.2, 0.25) is 5.91 Å². The Morgan fingerprint density at radius 1 is 0.837 bits per heavy atom. The molecule has 1 aromatic rings. The van der Waals surface area contributed by atoms with Gasteiger partial charge in [-0.3, -0.25) is 4.79 Å². The monoisotopic (exact) mass is 621 g/mol. The van der Waals surface area contributed by atoms with Crippen LogP contribution < -0.4 is 5.32 Å². The number of carbonyl (C=O) groups excluding carboxylic acids is 1. The Kier molecular flexibility index (Phi) is 22.2. The van der Waals surface area contributed by atoms with Crippen molar-refractivity contribution in [3.05, 3.63) is 35.9 Å². The molecule has 1 amide bonds. The fourth-order valence-corrected chi connectivity index (χ4v) is 5.89. The molecule has 2 atom stereocenters. The van der Waals surface area contributed by atoms with Crippen molar-refractivity contribution in [2.24, 2.45) is 0 Å². The van der Waals surface area contributed by atoms with Gasteiger partial charge in [0, 0.05) is 6.42 Å². The maximum atomic E-state index is 12.9. The summed E-state index contributed by atoms with van der Waals surface area (Å²) in [7, 11) is -2.04. The largest absolute Gasteiger partial charge is 0.415 e. The summed E-state index contributed by atoms with van der Waals surface area (Å²) >= 11 is 0. The minimum Gasteiger partial charge on any atom is -0.415 e. The molecule has 1 rings (SSSR count). The van der Waals surface area contributed by atoms with Gasteiger partial charge in [0.15, 0.2) is 8.32 Å². The molecule has 0 radical (unpaired) electrons. The highest BCUT2D eigenvalue weighted by atomic mass is 28.4. The molecule has 0 aliphatic heterocycles. The van der Waals surface area contributed by atoms with E-state index in [2.05, 4.69) is 46.1 Å². The van der Waals surface area contributed by atoms with Gasteiger partial charge >= 0.3 is 0 Å². The van der Waals surface area contributed by atoms with Gasteiger partial charge in [-0.25, -0.2) is 0 Å². The van der Waals surface area contributed by atoms with Crippen molar-refractivity contribution in [2.45, 2.75) is 167 Å². The molecule has 0 unspecified atom stereocenters. The molecule has 0 aliphatic carbocycles. The van der Waals surface area contributed by atoms with Crippen molar-refractivity contribution >= 4 is 14.2 Å². The second-order valence-electron chi connectivity index (χ2n) is 13.8. The van der Waals surface area contributed by atoms with E-state index in [1.165, 1.54) is 83.5 Å². The first-order chi connectivity index (χ1) is 20.6. The summed E-state index contributed by atoms with van der Waals surface area (Å²) in [6.45, 7) is 13.8. The lowest BCUT2D eigenvalue weighted by atomic mass is 10.0. The Morgan fingerprint density at radius 3 is 1.84 bits per heavy atom. The van der Waals surface area contributed by atoms with Gasteiger partial charge in [-0.15, -0.1) is 0 Å². The number of benzene rings is 1. The van der Waals surface area contributed by atoms with E-state index in [1.54, 1.807) is 0 Å². The Labute approximate surface area is 266 Å². The van der Waals surface area contributed by atoms with E-state index in [0.29, 0.717) is 19.6 Å². The highest BCUT2D eigenvalue weighted by Gasteiger charge is 2.38. The third-order valence-corrected chi connectivity index (χ3v) is 13.4. The zero-order valence-electron chi connectivity index (χ0n) is 28.8. The van der Waals surface area contributed by atoms with E-state index in [4.69, 9.17) is 13.9 Å². The first-order valence-electron chi connectivity index (χ1n) is 17.4. The zero-order valence-corrected chi connectivity index (χ0v) is 29.8. The van der Waals surface area contributed by atoms with E-state index in [0.717, 1.165) is 18.4 Å². The zero-order chi connectivity index (χ0) is 31.8. The first kappa shape index (κ1) is 39.8. The summed E-state index contributed by atoms with van der Waals surface area (Å²) in [5.74, 6) is -0.00854. The number of nitrogens with one attached hydrogen (secondary N) is 1. The van der Waals surface area contributed by atoms with Gasteiger partial charge in [-0.2, -0.15) is 0 Å². The van der Waals surface area contributed by atoms with Crippen LogP contribution in [0, 0.1) is 0 Å². The maximum absolute atomic E-state index is 12.9. The fraction of sp³-hybridized carbons (Fsp3) is 0.806. The van der Waals surface area contributed by atoms with E-state index in [9.17, 15) is 9.90 Å². The van der Waals surface area contributed by atoms with Crippen LogP contribution in [0.3, 0.4) is 0 Å². The number of rotatable bonds is 27. The summed E-state index contributed by atoms with van der Waals surface area (Å²) in [6.07, 6.45) is 19.4. The fourth-order valence-electron chi connectivity index (χ4n) is 4.86. The van der Waals surface area contributed by atoms with Crippen LogP contribution in [0.1, 0.15) is 136 Å². The van der Waals surface area contributed by atoms with Gasteiger partial charge in [0.05, 0.1) is 25.9 Å². The quantitative estimate of drug-likeness (QED) is 0.0582. The summed E-state index contributed by atoms with van der Waals surface area (Å²) < 4.78 is 18.0. The molecule has 250 valence electrons. The van der Waals surface area contributed by atoms with Crippen molar-refractivity contribution < 1.29 is 23.8 Å². The van der Waals surface area contributed by atoms with Gasteiger partial charge in [0.25, 0.3) is 0 Å². The first-order valence-corrected chi connectivity index (χ1v) is 20.3. The molecule has 6 nitrogen and oxygen atoms in total. The molecule has 0 aliphatic rings. The predicted octanol–water partition coefficient (Wildman–Crippen LogP) is 9.31. The van der Waals surface area contributed by atoms with Crippen LogP contribution in [0.25, 0.3) is 0 Å². The standard InChI is InChI=1S/C36H67NO5Si/c1-7-8-9-10-11-12-13-14-15-16-17-18-19-20-24-27-35(39)37-33(30-42-43(5,6)36(2,3)4)34(28-38)41-31-40-29-32-25-22-21-23-26-32/h21-23,25-26,33-34,38H,7-20,24,27-31H2,1-6H3,(H,37,39)/t33-,34+/m0/s1. The molecule has 0 bridgehead atoms. The highest BCUT2D eigenvalue weighted by molar-refractivity contribution is 6.74. The molecule has 43 heavy (non-hydrogen) atoms. The Balaban J connectivity index is 2.35. The lowest BCUT2D eigenvalue weighted by Crippen LogP contribution is -2.52. The smallest absolute Gasteiger partial charge is 0.220 e. The summed E-state index contributed by atoms with van der Waals surface area (Å²) in [4.78, 5) is 12.9. The average Bonchev–Trinajstić information content (AvgIpc) is 2.97. The molecule has 1 aromatic carbocycles. The summed E-state index contributed by atoms with van der Waals surface area (Å²) in [6, 6.07) is 9.46. The molecule has 0 saturated heterocycles. The number of aliphatic hydroxyl groups excluding tert-OH is 1. The predicted molar refractivity (Wildman–Crippen MR) is 183 cm³/mol. The molecule has 0 heterocycles. The van der Waals surface area contributed by atoms with Crippen LogP contribution in [0.4, 0.5) is 0 Å². The third kappa shape index (κ3) is 19.7. The molecular formula is C36H67NO5Si. The van der Waals surface area contributed by atoms with Gasteiger partial charge in [-0.1, -0.05) is 148 Å². The molecule has 0 aromatic heterocycles. The minimum absolute atomic E-state index is 0.00854. The number of ether oxygens (including phenoxy) is 2. The van der Waals surface area contributed by atoms with E-state index in [1.807, 2.05) is 30.3 Å². The second kappa shape index (κ2) is 24.0. The normalized spacial score (nSPS) is 13.7. The molecule has 0 saturated carbocycles. The van der Waals surface area contributed by atoms with Crippen molar-refractivity contribution in [3.8, 4) is 0 Å². The van der Waals surface area contributed by atoms with E-state index < -0.39 is 20.5 Å². The average molecular weight is 622 g/mol. The maximum Gasteiger partial charge on any atom is 0.220 e. The molecule has 0 fully saturated rings. The molecule has 0 spiro atoms. The van der Waals surface area contributed by atoms with Crippen molar-refractivity contribution in [1.29, 1.82) is 0 Å². The number of amides is 1. The number of unbranched alkanes of at least 4 members (excludes halogenated alkanes) is 14. The van der Waals surface area contributed by atoms with Gasteiger partial charge in [-0.05, 0) is 30.1 Å². The van der Waals surface area contributed by atoms with Crippen LogP contribution in [-0.4, -0.2) is 51.5 Å². The van der Waals surface area contributed by atoms with Crippen LogP contribution in [-0.2, 0) is 25.3 Å². The van der Waals surface area contributed by atoms with Crippen LogP contribution >= 0.6 is 0 Å². The van der Waals surface area contributed by atoms with E-state index in [-0.39, 0.29) is 24.3 Å². The van der Waals surface area contributed by atoms with Crippen molar-refractivity contribution in [3.63, 3.8) is 0 Å². The Hall–Kier alpha value is -1.25. The van der Waals surface area contributed by atoms with Gasteiger partial charge in [0.1, 0.15) is 12.9 Å². The molecular weight excluding hydrogens is 554 g/mol. The third-order valence-electron chi connectivity index (χ3n) is 8.89. The molecule has 2 N–H and O–H groups in total. The Bertz CT molecular complexity index is 799. The SMILES string of the molecule is CCCCCCCCCCCCCCCCCC(=O)N[C@@H](CO[Si](C)(C)C(C)(C)C)[C@@H](CO)OCOCc1ccccc1. The summed E-state index contributed by atoms with van der Waals surface area (Å²) in [5, 5.41) is 13.3. The van der Waals surface area contributed by atoms with Crippen LogP contribution in [0.15, 0.2) is 30.3 Å². The number of hydrogen-bond acceptors (Lipinski definition) is 5. The number of hydrogen-bond donors (Lipinski definition) is 2. The van der Waals surface area contributed by atoms with E-state index >= 15 is 0 Å².